The minimum atomic E-state index is -0.0920. The Kier molecular flexibility index (Phi) is 4.57. The van der Waals surface area contributed by atoms with Gasteiger partial charge in [0, 0.05) is 36.5 Å². The van der Waals surface area contributed by atoms with Gasteiger partial charge in [0.05, 0.1) is 10.7 Å². The summed E-state index contributed by atoms with van der Waals surface area (Å²) in [5, 5.41) is 7.85. The van der Waals surface area contributed by atoms with Crippen molar-refractivity contribution in [3.8, 4) is 0 Å². The van der Waals surface area contributed by atoms with E-state index >= 15 is 0 Å². The van der Waals surface area contributed by atoms with Crippen LogP contribution in [0.4, 0.5) is 5.82 Å². The fourth-order valence-electron chi connectivity index (χ4n) is 3.43. The fraction of sp³-hybridized carbons (Fsp3) is 0.389. The lowest BCUT2D eigenvalue weighted by molar-refractivity contribution is 0.437. The molecule has 0 aromatic carbocycles. The average molecular weight is 402 g/mol. The van der Waals surface area contributed by atoms with E-state index in [1.165, 1.54) is 38.2 Å². The molecule has 1 aliphatic rings. The van der Waals surface area contributed by atoms with Crippen molar-refractivity contribution in [3.05, 3.63) is 56.7 Å². The fourth-order valence-corrected chi connectivity index (χ4v) is 3.78. The smallest absolute Gasteiger partial charge is 0.247 e. The van der Waals surface area contributed by atoms with Crippen molar-refractivity contribution in [1.82, 2.24) is 19.6 Å². The van der Waals surface area contributed by atoms with Gasteiger partial charge in [-0.05, 0) is 34.3 Å². The maximum Gasteiger partial charge on any atom is 0.247 e. The molecule has 0 radical (unpaired) electrons. The third-order valence-corrected chi connectivity index (χ3v) is 5.35. The predicted molar refractivity (Wildman–Crippen MR) is 101 cm³/mol. The number of H-pyrrole nitrogens is 1. The standard InChI is InChI=1S/C18H20BrN5O/c19-14-11-22-24-16(20-9-12-6-7-17(25)21-10-12)8-15(23-18(14)24)13-4-2-1-3-5-13/h6-8,10-11,13,20H,1-5,9H2,(H,21,25). The van der Waals surface area contributed by atoms with Crippen LogP contribution in [0.2, 0.25) is 0 Å². The van der Waals surface area contributed by atoms with Crippen molar-refractivity contribution in [2.75, 3.05) is 5.32 Å². The number of anilines is 1. The summed E-state index contributed by atoms with van der Waals surface area (Å²) in [5.41, 5.74) is 2.89. The van der Waals surface area contributed by atoms with Gasteiger partial charge in [-0.25, -0.2) is 4.98 Å². The Morgan fingerprint density at radius 3 is 2.88 bits per heavy atom. The summed E-state index contributed by atoms with van der Waals surface area (Å²) in [4.78, 5) is 18.7. The van der Waals surface area contributed by atoms with Crippen molar-refractivity contribution in [2.24, 2.45) is 0 Å². The van der Waals surface area contributed by atoms with Crippen molar-refractivity contribution in [1.29, 1.82) is 0 Å². The molecule has 4 rings (SSSR count). The van der Waals surface area contributed by atoms with Gasteiger partial charge in [0.1, 0.15) is 5.82 Å². The lowest BCUT2D eigenvalue weighted by atomic mass is 9.87. The number of nitrogens with zero attached hydrogens (tertiary/aromatic N) is 3. The van der Waals surface area contributed by atoms with Crippen LogP contribution >= 0.6 is 15.9 Å². The lowest BCUT2D eigenvalue weighted by Gasteiger charge is -2.22. The van der Waals surface area contributed by atoms with Gasteiger partial charge in [0.25, 0.3) is 0 Å². The van der Waals surface area contributed by atoms with Crippen LogP contribution in [0.1, 0.15) is 49.3 Å². The molecule has 0 bridgehead atoms. The first-order valence-corrected chi connectivity index (χ1v) is 9.46. The molecule has 1 fully saturated rings. The van der Waals surface area contributed by atoms with Crippen LogP contribution in [0.5, 0.6) is 0 Å². The quantitative estimate of drug-likeness (QED) is 0.696. The van der Waals surface area contributed by atoms with Gasteiger partial charge in [0.15, 0.2) is 5.65 Å². The first kappa shape index (κ1) is 16.3. The maximum absolute atomic E-state index is 11.2. The molecule has 130 valence electrons. The van der Waals surface area contributed by atoms with Crippen molar-refractivity contribution < 1.29 is 0 Å². The number of halogens is 1. The van der Waals surface area contributed by atoms with E-state index in [0.717, 1.165) is 27.2 Å². The molecule has 1 saturated carbocycles. The first-order valence-electron chi connectivity index (χ1n) is 8.66. The predicted octanol–water partition coefficient (Wildman–Crippen LogP) is 3.84. The second-order valence-electron chi connectivity index (χ2n) is 6.54. The minimum absolute atomic E-state index is 0.0920. The number of pyridine rings is 1. The number of aromatic amines is 1. The van der Waals surface area contributed by atoms with Crippen LogP contribution in [0, 0.1) is 0 Å². The highest BCUT2D eigenvalue weighted by molar-refractivity contribution is 9.10. The number of nitrogens with one attached hydrogen (secondary N) is 2. The second-order valence-corrected chi connectivity index (χ2v) is 7.40. The van der Waals surface area contributed by atoms with Crippen molar-refractivity contribution in [3.63, 3.8) is 0 Å². The molecule has 0 spiro atoms. The van der Waals surface area contributed by atoms with E-state index in [4.69, 9.17) is 4.98 Å². The Balaban J connectivity index is 1.66. The summed E-state index contributed by atoms with van der Waals surface area (Å²) in [6.45, 7) is 0.609. The third kappa shape index (κ3) is 3.46. The molecule has 3 aromatic rings. The normalized spacial score (nSPS) is 15.6. The minimum Gasteiger partial charge on any atom is -0.366 e. The summed E-state index contributed by atoms with van der Waals surface area (Å²) in [6, 6.07) is 5.48. The van der Waals surface area contributed by atoms with Crippen molar-refractivity contribution in [2.45, 2.75) is 44.6 Å². The molecule has 3 aromatic heterocycles. The monoisotopic (exact) mass is 401 g/mol. The molecular weight excluding hydrogens is 382 g/mol. The molecule has 2 N–H and O–H groups in total. The summed E-state index contributed by atoms with van der Waals surface area (Å²) in [5.74, 6) is 1.44. The molecule has 0 atom stereocenters. The Hall–Kier alpha value is -2.15. The van der Waals surface area contributed by atoms with E-state index in [-0.39, 0.29) is 5.56 Å². The second kappa shape index (κ2) is 7.00. The number of aromatic nitrogens is 4. The van der Waals surface area contributed by atoms with Crippen LogP contribution < -0.4 is 10.9 Å². The van der Waals surface area contributed by atoms with E-state index in [2.05, 4.69) is 37.4 Å². The first-order chi connectivity index (χ1) is 12.2. The molecule has 0 saturated heterocycles. The number of fused-ring (bicyclic) bond motifs is 1. The molecule has 0 aliphatic heterocycles. The number of hydrogen-bond donors (Lipinski definition) is 2. The topological polar surface area (TPSA) is 75.1 Å². The Labute approximate surface area is 153 Å². The number of hydrogen-bond acceptors (Lipinski definition) is 4. The maximum atomic E-state index is 11.2. The average Bonchev–Trinajstić information content (AvgIpc) is 3.03. The highest BCUT2D eigenvalue weighted by Crippen LogP contribution is 2.33. The molecule has 3 heterocycles. The Bertz CT molecular complexity index is 922. The Morgan fingerprint density at radius 1 is 1.28 bits per heavy atom. The van der Waals surface area contributed by atoms with Gasteiger partial charge >= 0.3 is 0 Å². The lowest BCUT2D eigenvalue weighted by Crippen LogP contribution is -2.12. The highest BCUT2D eigenvalue weighted by Gasteiger charge is 2.19. The summed E-state index contributed by atoms with van der Waals surface area (Å²) >= 11 is 3.55. The zero-order chi connectivity index (χ0) is 17.2. The SMILES string of the molecule is O=c1ccc(CNc2cc(C3CCCCC3)nc3c(Br)cnn23)c[nH]1. The van der Waals surface area contributed by atoms with E-state index < -0.39 is 0 Å². The van der Waals surface area contributed by atoms with E-state index in [1.807, 2.05) is 10.6 Å². The molecular formula is C18H20BrN5O. The zero-order valence-electron chi connectivity index (χ0n) is 13.8. The van der Waals surface area contributed by atoms with Gasteiger partial charge in [-0.3, -0.25) is 4.79 Å². The third-order valence-electron chi connectivity index (χ3n) is 4.79. The van der Waals surface area contributed by atoms with Crippen molar-refractivity contribution >= 4 is 27.4 Å². The van der Waals surface area contributed by atoms with Gasteiger partial charge in [0.2, 0.25) is 5.56 Å². The molecule has 7 heteroatoms. The van der Waals surface area contributed by atoms with E-state index in [1.54, 1.807) is 12.4 Å². The van der Waals surface area contributed by atoms with Crippen LogP contribution in [0.25, 0.3) is 5.65 Å². The van der Waals surface area contributed by atoms with Crippen LogP contribution in [-0.4, -0.2) is 19.6 Å². The van der Waals surface area contributed by atoms with Gasteiger partial charge in [-0.1, -0.05) is 25.3 Å². The molecule has 0 unspecified atom stereocenters. The summed E-state index contributed by atoms with van der Waals surface area (Å²) in [6.07, 6.45) is 9.79. The largest absolute Gasteiger partial charge is 0.366 e. The molecule has 6 nitrogen and oxygen atoms in total. The van der Waals surface area contributed by atoms with E-state index in [0.29, 0.717) is 12.5 Å². The van der Waals surface area contributed by atoms with Crippen LogP contribution in [0.15, 0.2) is 39.9 Å². The number of rotatable bonds is 4. The van der Waals surface area contributed by atoms with Gasteiger partial charge in [-0.15, -0.1) is 0 Å². The summed E-state index contributed by atoms with van der Waals surface area (Å²) in [7, 11) is 0. The molecule has 25 heavy (non-hydrogen) atoms. The van der Waals surface area contributed by atoms with Gasteiger partial charge in [-0.2, -0.15) is 9.61 Å². The van der Waals surface area contributed by atoms with Crippen LogP contribution in [0.3, 0.4) is 0 Å². The van der Waals surface area contributed by atoms with Crippen LogP contribution in [-0.2, 0) is 6.54 Å². The van der Waals surface area contributed by atoms with Gasteiger partial charge < -0.3 is 10.3 Å². The zero-order valence-corrected chi connectivity index (χ0v) is 15.4. The highest BCUT2D eigenvalue weighted by atomic mass is 79.9. The Morgan fingerprint density at radius 2 is 2.12 bits per heavy atom. The summed E-state index contributed by atoms with van der Waals surface area (Å²) < 4.78 is 2.72. The molecule has 0 amide bonds. The molecule has 1 aliphatic carbocycles. The van der Waals surface area contributed by atoms with E-state index in [9.17, 15) is 4.79 Å².